The largest absolute Gasteiger partial charge is 0.391 e. The van der Waals surface area contributed by atoms with Crippen LogP contribution in [0.5, 0.6) is 0 Å². The molecule has 0 spiro atoms. The summed E-state index contributed by atoms with van der Waals surface area (Å²) in [6.45, 7) is 7.85. The van der Waals surface area contributed by atoms with Gasteiger partial charge in [0.05, 0.1) is 0 Å². The summed E-state index contributed by atoms with van der Waals surface area (Å²) in [5, 5.41) is 7.05. The highest BCUT2D eigenvalue weighted by Gasteiger charge is 2.00. The molecule has 6 heteroatoms. The molecule has 116 valence electrons. The van der Waals surface area contributed by atoms with Crippen LogP contribution < -0.4 is 5.32 Å². The summed E-state index contributed by atoms with van der Waals surface area (Å²) in [6, 6.07) is 7.30. The van der Waals surface area contributed by atoms with E-state index in [9.17, 15) is 4.79 Å². The fourth-order valence-electron chi connectivity index (χ4n) is 1.75. The lowest BCUT2D eigenvalue weighted by molar-refractivity contribution is -0.114. The second-order valence-electron chi connectivity index (χ2n) is 4.46. The number of oxime groups is 1. The van der Waals surface area contributed by atoms with Gasteiger partial charge in [-0.15, -0.1) is 0 Å². The minimum Gasteiger partial charge on any atom is -0.391 e. The monoisotopic (exact) mass is 311 g/mol. The molecule has 0 radical (unpaired) electrons. The van der Waals surface area contributed by atoms with Gasteiger partial charge < -0.3 is 15.1 Å². The van der Waals surface area contributed by atoms with E-state index in [4.69, 9.17) is 16.4 Å². The van der Waals surface area contributed by atoms with Gasteiger partial charge in [-0.05, 0) is 30.8 Å². The molecular weight excluding hydrogens is 290 g/mol. The van der Waals surface area contributed by atoms with Gasteiger partial charge in [-0.3, -0.25) is 4.79 Å². The van der Waals surface area contributed by atoms with E-state index >= 15 is 0 Å². The van der Waals surface area contributed by atoms with Crippen molar-refractivity contribution in [3.8, 4) is 0 Å². The highest BCUT2D eigenvalue weighted by molar-refractivity contribution is 6.30. The van der Waals surface area contributed by atoms with Crippen LogP contribution in [0.15, 0.2) is 29.4 Å². The highest BCUT2D eigenvalue weighted by Crippen LogP contribution is 2.11. The Hall–Kier alpha value is -1.59. The maximum atomic E-state index is 11.5. The number of carbonyl (C=O) groups is 1. The number of amides is 1. The molecule has 5 nitrogen and oxygen atoms in total. The van der Waals surface area contributed by atoms with Crippen molar-refractivity contribution in [1.29, 1.82) is 0 Å². The van der Waals surface area contributed by atoms with E-state index in [0.29, 0.717) is 11.6 Å². The van der Waals surface area contributed by atoms with Crippen LogP contribution in [0.2, 0.25) is 5.02 Å². The zero-order valence-corrected chi connectivity index (χ0v) is 13.3. The van der Waals surface area contributed by atoms with E-state index in [0.717, 1.165) is 31.4 Å². The van der Waals surface area contributed by atoms with Gasteiger partial charge >= 0.3 is 0 Å². The van der Waals surface area contributed by atoms with E-state index in [1.807, 2.05) is 12.1 Å². The lowest BCUT2D eigenvalue weighted by atomic mass is 10.2. The summed E-state index contributed by atoms with van der Waals surface area (Å²) in [7, 11) is 0. The lowest BCUT2D eigenvalue weighted by Gasteiger charge is -2.17. The SMILES string of the molecule is CCN(CC)CCNC(=O)/C=N/OCc1cccc(Cl)c1. The smallest absolute Gasteiger partial charge is 0.265 e. The fourth-order valence-corrected chi connectivity index (χ4v) is 1.96. The van der Waals surface area contributed by atoms with Gasteiger partial charge in [-0.25, -0.2) is 0 Å². The number of nitrogens with one attached hydrogen (secondary N) is 1. The van der Waals surface area contributed by atoms with Crippen LogP contribution in [-0.4, -0.2) is 43.2 Å². The first-order valence-corrected chi connectivity index (χ1v) is 7.43. The van der Waals surface area contributed by atoms with Gasteiger partial charge in [0.25, 0.3) is 5.91 Å². The predicted octanol–water partition coefficient (Wildman–Crippen LogP) is 2.30. The lowest BCUT2D eigenvalue weighted by Crippen LogP contribution is -2.35. The summed E-state index contributed by atoms with van der Waals surface area (Å²) in [5.41, 5.74) is 0.904. The van der Waals surface area contributed by atoms with Gasteiger partial charge in [0.1, 0.15) is 12.8 Å². The molecular formula is C15H22ClN3O2. The third kappa shape index (κ3) is 7.68. The Kier molecular flexibility index (Phi) is 8.47. The van der Waals surface area contributed by atoms with Crippen LogP contribution in [0.1, 0.15) is 19.4 Å². The van der Waals surface area contributed by atoms with E-state index in [1.165, 1.54) is 0 Å². The predicted molar refractivity (Wildman–Crippen MR) is 85.5 cm³/mol. The van der Waals surface area contributed by atoms with Crippen LogP contribution >= 0.6 is 11.6 Å². The molecule has 0 aliphatic rings. The van der Waals surface area contributed by atoms with Crippen molar-refractivity contribution in [1.82, 2.24) is 10.2 Å². The van der Waals surface area contributed by atoms with Crippen LogP contribution in [0.4, 0.5) is 0 Å². The molecule has 0 aliphatic heterocycles. The number of benzene rings is 1. The summed E-state index contributed by atoms with van der Waals surface area (Å²) >= 11 is 5.85. The van der Waals surface area contributed by atoms with Crippen LogP contribution in [-0.2, 0) is 16.2 Å². The molecule has 1 N–H and O–H groups in total. The highest BCUT2D eigenvalue weighted by atomic mass is 35.5. The molecule has 1 aromatic carbocycles. The zero-order valence-electron chi connectivity index (χ0n) is 12.5. The molecule has 0 unspecified atom stereocenters. The molecule has 0 atom stereocenters. The Morgan fingerprint density at radius 2 is 2.19 bits per heavy atom. The van der Waals surface area contributed by atoms with E-state index in [1.54, 1.807) is 12.1 Å². The van der Waals surface area contributed by atoms with Gasteiger partial charge in [-0.1, -0.05) is 42.7 Å². The third-order valence-corrected chi connectivity index (χ3v) is 3.22. The molecule has 1 amide bonds. The summed E-state index contributed by atoms with van der Waals surface area (Å²) < 4.78 is 0. The summed E-state index contributed by atoms with van der Waals surface area (Å²) in [4.78, 5) is 18.8. The number of hydrogen-bond acceptors (Lipinski definition) is 4. The van der Waals surface area contributed by atoms with Crippen molar-refractivity contribution < 1.29 is 9.63 Å². The van der Waals surface area contributed by atoms with Gasteiger partial charge in [0.15, 0.2) is 0 Å². The van der Waals surface area contributed by atoms with Gasteiger partial charge in [0, 0.05) is 18.1 Å². The number of nitrogens with zero attached hydrogens (tertiary/aromatic N) is 2. The summed E-state index contributed by atoms with van der Waals surface area (Å²) in [6.07, 6.45) is 1.15. The van der Waals surface area contributed by atoms with Crippen LogP contribution in [0.3, 0.4) is 0 Å². The topological polar surface area (TPSA) is 53.9 Å². The zero-order chi connectivity index (χ0) is 15.5. The Bertz CT molecular complexity index is 462. The second-order valence-corrected chi connectivity index (χ2v) is 4.89. The molecule has 1 aromatic rings. The van der Waals surface area contributed by atoms with Crippen LogP contribution in [0, 0.1) is 0 Å². The molecule has 0 bridgehead atoms. The molecule has 0 saturated heterocycles. The van der Waals surface area contributed by atoms with E-state index in [-0.39, 0.29) is 12.5 Å². The Labute approximate surface area is 130 Å². The Balaban J connectivity index is 2.19. The Morgan fingerprint density at radius 1 is 1.43 bits per heavy atom. The normalized spacial score (nSPS) is 11.0. The van der Waals surface area contributed by atoms with Crippen molar-refractivity contribution in [2.24, 2.45) is 5.16 Å². The fraction of sp³-hybridized carbons (Fsp3) is 0.467. The average molecular weight is 312 g/mol. The molecule has 1 rings (SSSR count). The van der Waals surface area contributed by atoms with Crippen molar-refractivity contribution in [3.05, 3.63) is 34.9 Å². The third-order valence-electron chi connectivity index (χ3n) is 2.99. The van der Waals surface area contributed by atoms with Crippen molar-refractivity contribution >= 4 is 23.7 Å². The first-order chi connectivity index (χ1) is 10.2. The maximum Gasteiger partial charge on any atom is 0.265 e. The van der Waals surface area contributed by atoms with Crippen molar-refractivity contribution in [2.45, 2.75) is 20.5 Å². The van der Waals surface area contributed by atoms with Crippen molar-refractivity contribution in [2.75, 3.05) is 26.2 Å². The average Bonchev–Trinajstić information content (AvgIpc) is 2.48. The maximum absolute atomic E-state index is 11.5. The summed E-state index contributed by atoms with van der Waals surface area (Å²) in [5.74, 6) is -0.256. The Morgan fingerprint density at radius 3 is 2.86 bits per heavy atom. The van der Waals surface area contributed by atoms with Crippen molar-refractivity contribution in [3.63, 3.8) is 0 Å². The minimum absolute atomic E-state index is 0.256. The molecule has 0 saturated carbocycles. The van der Waals surface area contributed by atoms with E-state index in [2.05, 4.69) is 29.2 Å². The molecule has 0 aliphatic carbocycles. The van der Waals surface area contributed by atoms with Crippen LogP contribution in [0.25, 0.3) is 0 Å². The van der Waals surface area contributed by atoms with Gasteiger partial charge in [-0.2, -0.15) is 0 Å². The second kappa shape index (κ2) is 10.2. The number of hydrogen-bond donors (Lipinski definition) is 1. The van der Waals surface area contributed by atoms with Gasteiger partial charge in [0.2, 0.25) is 0 Å². The molecule has 0 heterocycles. The minimum atomic E-state index is -0.256. The number of halogens is 1. The molecule has 21 heavy (non-hydrogen) atoms. The van der Waals surface area contributed by atoms with E-state index < -0.39 is 0 Å². The first-order valence-electron chi connectivity index (χ1n) is 7.05. The first kappa shape index (κ1) is 17.5. The molecule has 0 aromatic heterocycles. The number of rotatable bonds is 9. The number of carbonyl (C=O) groups excluding carboxylic acids is 1. The molecule has 0 fully saturated rings. The standard InChI is InChI=1S/C15H22ClN3O2/c1-3-19(4-2)9-8-17-15(20)11-18-21-12-13-6-5-7-14(16)10-13/h5-7,10-11H,3-4,8-9,12H2,1-2H3,(H,17,20)/b18-11+. The quantitative estimate of drug-likeness (QED) is 0.562. The number of likely N-dealkylation sites (N-methyl/N-ethyl adjacent to an activating group) is 1.